The summed E-state index contributed by atoms with van der Waals surface area (Å²) in [5, 5.41) is 9.46. The van der Waals surface area contributed by atoms with Crippen LogP contribution in [0.15, 0.2) is 140 Å². The van der Waals surface area contributed by atoms with Crippen molar-refractivity contribution in [1.82, 2.24) is 15.0 Å². The number of rotatable bonds is 3. The van der Waals surface area contributed by atoms with Crippen molar-refractivity contribution in [3.8, 4) is 33.8 Å². The van der Waals surface area contributed by atoms with Crippen molar-refractivity contribution in [3.05, 3.63) is 151 Å². The Hall–Kier alpha value is -5.93. The number of pyridine rings is 3. The van der Waals surface area contributed by atoms with Crippen molar-refractivity contribution in [1.29, 1.82) is 0 Å². The Bertz CT molecular complexity index is 2640. The maximum Gasteiger partial charge on any atom is 0.0791 e. The highest BCUT2D eigenvalue weighted by Gasteiger charge is 2.22. The molecule has 0 unspecified atom stereocenters. The van der Waals surface area contributed by atoms with E-state index in [9.17, 15) is 0 Å². The van der Waals surface area contributed by atoms with Gasteiger partial charge in [-0.15, -0.1) is 0 Å². The normalized spacial score (nSPS) is 11.7. The van der Waals surface area contributed by atoms with Gasteiger partial charge in [0.1, 0.15) is 0 Å². The number of fused-ring (bicyclic) bond motifs is 7. The van der Waals surface area contributed by atoms with E-state index >= 15 is 0 Å². The van der Waals surface area contributed by atoms with Crippen LogP contribution >= 0.6 is 0 Å². The van der Waals surface area contributed by atoms with Gasteiger partial charge in [-0.1, -0.05) is 115 Å². The number of aromatic nitrogens is 3. The van der Waals surface area contributed by atoms with Gasteiger partial charge in [0, 0.05) is 49.8 Å². The first-order valence-electron chi connectivity index (χ1n) is 15.7. The minimum atomic E-state index is 0.954. The van der Waals surface area contributed by atoms with Crippen molar-refractivity contribution >= 4 is 54.1 Å². The summed E-state index contributed by atoms with van der Waals surface area (Å²) in [6, 6.07) is 46.9. The maximum atomic E-state index is 5.47. The minimum Gasteiger partial charge on any atom is -0.256 e. The summed E-state index contributed by atoms with van der Waals surface area (Å²) in [6.07, 6.45) is 1.90. The number of hydrogen-bond acceptors (Lipinski definition) is 3. The van der Waals surface area contributed by atoms with Crippen LogP contribution in [0.4, 0.5) is 0 Å². The van der Waals surface area contributed by atoms with Crippen LogP contribution in [0.5, 0.6) is 0 Å². The fraction of sp³-hybridized carbons (Fsp3) is 0.0465. The van der Waals surface area contributed by atoms with Crippen LogP contribution in [0.25, 0.3) is 87.9 Å². The van der Waals surface area contributed by atoms with E-state index in [0.717, 1.165) is 61.0 Å². The summed E-state index contributed by atoms with van der Waals surface area (Å²) in [4.78, 5) is 15.6. The monoisotopic (exact) mass is 587 g/mol. The molecule has 0 saturated heterocycles. The van der Waals surface area contributed by atoms with E-state index in [1.54, 1.807) is 0 Å². The first kappa shape index (κ1) is 26.5. The first-order chi connectivity index (χ1) is 22.7. The quantitative estimate of drug-likeness (QED) is 0.152. The molecule has 0 N–H and O–H groups in total. The lowest BCUT2D eigenvalue weighted by molar-refractivity contribution is 1.35. The number of benzene rings is 6. The molecule has 0 bridgehead atoms. The van der Waals surface area contributed by atoms with Crippen LogP contribution < -0.4 is 0 Å². The molecule has 3 aromatic heterocycles. The van der Waals surface area contributed by atoms with Gasteiger partial charge in [0.2, 0.25) is 0 Å². The third-order valence-corrected chi connectivity index (χ3v) is 9.42. The summed E-state index contributed by atoms with van der Waals surface area (Å²) < 4.78 is 0. The van der Waals surface area contributed by atoms with E-state index < -0.39 is 0 Å². The number of hydrogen-bond donors (Lipinski definition) is 0. The van der Waals surface area contributed by atoms with Crippen LogP contribution in [0.3, 0.4) is 0 Å². The Labute approximate surface area is 266 Å². The van der Waals surface area contributed by atoms with Crippen LogP contribution in [0.1, 0.15) is 11.1 Å². The van der Waals surface area contributed by atoms with Gasteiger partial charge >= 0.3 is 0 Å². The largest absolute Gasteiger partial charge is 0.256 e. The Morgan fingerprint density at radius 2 is 0.935 bits per heavy atom. The summed E-state index contributed by atoms with van der Waals surface area (Å²) in [5.41, 5.74) is 10.6. The summed E-state index contributed by atoms with van der Waals surface area (Å²) >= 11 is 0. The molecule has 3 nitrogen and oxygen atoms in total. The van der Waals surface area contributed by atoms with Gasteiger partial charge in [0.05, 0.1) is 28.1 Å². The average Bonchev–Trinajstić information content (AvgIpc) is 3.12. The molecule has 0 radical (unpaired) electrons. The zero-order valence-corrected chi connectivity index (χ0v) is 25.6. The molecule has 216 valence electrons. The highest BCUT2D eigenvalue weighted by Crippen LogP contribution is 2.45. The lowest BCUT2D eigenvalue weighted by Crippen LogP contribution is -1.99. The Morgan fingerprint density at radius 1 is 0.391 bits per heavy atom. The van der Waals surface area contributed by atoms with E-state index in [1.807, 2.05) is 6.20 Å². The van der Waals surface area contributed by atoms with Gasteiger partial charge in [-0.05, 0) is 59.3 Å². The second-order valence-electron chi connectivity index (χ2n) is 12.0. The van der Waals surface area contributed by atoms with E-state index in [-0.39, 0.29) is 0 Å². The van der Waals surface area contributed by atoms with Crippen LogP contribution in [-0.2, 0) is 0 Å². The number of nitrogens with zero attached hydrogens (tertiary/aromatic N) is 3. The number of para-hydroxylation sites is 1. The minimum absolute atomic E-state index is 0.954. The summed E-state index contributed by atoms with van der Waals surface area (Å²) in [6.45, 7) is 4.53. The van der Waals surface area contributed by atoms with E-state index in [1.165, 1.54) is 38.1 Å². The van der Waals surface area contributed by atoms with Gasteiger partial charge in [-0.2, -0.15) is 0 Å². The van der Waals surface area contributed by atoms with Gasteiger partial charge in [0.25, 0.3) is 0 Å². The van der Waals surface area contributed by atoms with Gasteiger partial charge in [0.15, 0.2) is 0 Å². The standard InChI is InChI=1S/C43H29N3/c1-26-37-33-19-11-12-20-35(33)45-42(29-14-5-3-6-15-29)39(37)27(2)38-34-22-21-31(41-32-18-10-9-13-28(32)23-24-44-41)25-36(34)46-43(40(26)38)30-16-7-4-8-17-30/h3-25H,1-2H3. The molecule has 6 aromatic carbocycles. The molecule has 0 aliphatic carbocycles. The fourth-order valence-electron chi connectivity index (χ4n) is 7.34. The van der Waals surface area contributed by atoms with Crippen LogP contribution in [0.2, 0.25) is 0 Å². The van der Waals surface area contributed by atoms with Crippen LogP contribution in [-0.4, -0.2) is 15.0 Å². The highest BCUT2D eigenvalue weighted by atomic mass is 14.7. The molecule has 9 aromatic rings. The lowest BCUT2D eigenvalue weighted by atomic mass is 9.85. The molecule has 0 saturated carbocycles. The molecule has 46 heavy (non-hydrogen) atoms. The molecule has 3 heteroatoms. The SMILES string of the molecule is Cc1c2c(-c3ccccc3)nc3cc(-c4nccc5ccccc45)ccc3c2c(C)c2c(-c3ccccc3)nc3ccccc3c12. The molecule has 0 amide bonds. The van der Waals surface area contributed by atoms with Gasteiger partial charge in [-0.3, -0.25) is 4.98 Å². The van der Waals surface area contributed by atoms with Gasteiger partial charge in [-0.25, -0.2) is 9.97 Å². The van der Waals surface area contributed by atoms with Crippen molar-refractivity contribution in [2.24, 2.45) is 0 Å². The van der Waals surface area contributed by atoms with Gasteiger partial charge < -0.3 is 0 Å². The molecular weight excluding hydrogens is 558 g/mol. The molecular formula is C43H29N3. The first-order valence-corrected chi connectivity index (χ1v) is 15.7. The van der Waals surface area contributed by atoms with Crippen molar-refractivity contribution in [2.45, 2.75) is 13.8 Å². The molecule has 0 atom stereocenters. The Kier molecular flexibility index (Phi) is 5.94. The zero-order chi connectivity index (χ0) is 30.8. The molecule has 0 aliphatic heterocycles. The van der Waals surface area contributed by atoms with Crippen molar-refractivity contribution in [2.75, 3.05) is 0 Å². The predicted molar refractivity (Wildman–Crippen MR) is 193 cm³/mol. The highest BCUT2D eigenvalue weighted by molar-refractivity contribution is 6.25. The summed E-state index contributed by atoms with van der Waals surface area (Å²) in [5.74, 6) is 0. The molecule has 0 aliphatic rings. The maximum absolute atomic E-state index is 5.47. The van der Waals surface area contributed by atoms with Crippen molar-refractivity contribution < 1.29 is 0 Å². The topological polar surface area (TPSA) is 38.7 Å². The molecule has 0 spiro atoms. The van der Waals surface area contributed by atoms with E-state index in [0.29, 0.717) is 0 Å². The molecule has 0 fully saturated rings. The second kappa shape index (κ2) is 10.3. The molecule has 3 heterocycles. The van der Waals surface area contributed by atoms with E-state index in [2.05, 4.69) is 147 Å². The van der Waals surface area contributed by atoms with Crippen molar-refractivity contribution in [3.63, 3.8) is 0 Å². The fourth-order valence-corrected chi connectivity index (χ4v) is 7.34. The Morgan fingerprint density at radius 3 is 1.61 bits per heavy atom. The number of aryl methyl sites for hydroxylation is 2. The van der Waals surface area contributed by atoms with Crippen LogP contribution in [0, 0.1) is 13.8 Å². The lowest BCUT2D eigenvalue weighted by Gasteiger charge is -2.21. The predicted octanol–water partition coefficient (Wildman–Crippen LogP) is 11.3. The molecule has 9 rings (SSSR count). The zero-order valence-electron chi connectivity index (χ0n) is 25.6. The average molecular weight is 588 g/mol. The summed E-state index contributed by atoms with van der Waals surface area (Å²) in [7, 11) is 0. The van der Waals surface area contributed by atoms with E-state index in [4.69, 9.17) is 15.0 Å². The second-order valence-corrected chi connectivity index (χ2v) is 12.0. The third-order valence-electron chi connectivity index (χ3n) is 9.42. The smallest absolute Gasteiger partial charge is 0.0791 e. The Balaban J connectivity index is 1.47. The third kappa shape index (κ3) is 3.95.